The SMILES string of the molecule is Oc1cc(O)c(-c2n[nH]c3c2CN(Cc2ccc4c(c2)OCCO4)CC3)cc1Cl. The highest BCUT2D eigenvalue weighted by atomic mass is 35.5. The van der Waals surface area contributed by atoms with Crippen molar-refractivity contribution in [3.63, 3.8) is 0 Å². The summed E-state index contributed by atoms with van der Waals surface area (Å²) >= 11 is 6.05. The Kier molecular flexibility index (Phi) is 4.49. The summed E-state index contributed by atoms with van der Waals surface area (Å²) in [6, 6.07) is 8.84. The normalized spacial score (nSPS) is 15.9. The first-order valence-corrected chi connectivity index (χ1v) is 9.85. The molecule has 2 aromatic carbocycles. The number of hydrogen-bond donors (Lipinski definition) is 3. The molecule has 7 nitrogen and oxygen atoms in total. The van der Waals surface area contributed by atoms with E-state index in [1.54, 1.807) is 6.07 Å². The molecule has 0 amide bonds. The second kappa shape index (κ2) is 7.17. The lowest BCUT2D eigenvalue weighted by atomic mass is 9.99. The Bertz CT molecular complexity index is 1080. The van der Waals surface area contributed by atoms with Crippen molar-refractivity contribution in [2.75, 3.05) is 19.8 Å². The van der Waals surface area contributed by atoms with Gasteiger partial charge in [0, 0.05) is 48.9 Å². The van der Waals surface area contributed by atoms with E-state index >= 15 is 0 Å². The Balaban J connectivity index is 1.40. The lowest BCUT2D eigenvalue weighted by Crippen LogP contribution is -2.30. The first-order chi connectivity index (χ1) is 14.1. The van der Waals surface area contributed by atoms with Crippen molar-refractivity contribution in [1.29, 1.82) is 0 Å². The van der Waals surface area contributed by atoms with Crippen LogP contribution >= 0.6 is 11.6 Å². The van der Waals surface area contributed by atoms with E-state index < -0.39 is 0 Å². The summed E-state index contributed by atoms with van der Waals surface area (Å²) in [6.07, 6.45) is 0.833. The first-order valence-electron chi connectivity index (χ1n) is 9.47. The van der Waals surface area contributed by atoms with Crippen LogP contribution in [0.5, 0.6) is 23.0 Å². The predicted molar refractivity (Wildman–Crippen MR) is 108 cm³/mol. The van der Waals surface area contributed by atoms with Gasteiger partial charge in [-0.1, -0.05) is 17.7 Å². The van der Waals surface area contributed by atoms with Gasteiger partial charge in [-0.25, -0.2) is 0 Å². The fourth-order valence-electron chi connectivity index (χ4n) is 3.89. The van der Waals surface area contributed by atoms with Gasteiger partial charge < -0.3 is 19.7 Å². The summed E-state index contributed by atoms with van der Waals surface area (Å²) in [5, 5.41) is 27.7. The second-order valence-corrected chi connectivity index (χ2v) is 7.70. The molecule has 0 radical (unpaired) electrons. The van der Waals surface area contributed by atoms with Crippen molar-refractivity contribution >= 4 is 11.6 Å². The average Bonchev–Trinajstić information content (AvgIpc) is 3.14. The fraction of sp³-hybridized carbons (Fsp3) is 0.286. The molecule has 1 aromatic heterocycles. The molecule has 0 fully saturated rings. The van der Waals surface area contributed by atoms with Crippen LogP contribution in [0, 0.1) is 0 Å². The smallest absolute Gasteiger partial charge is 0.161 e. The highest BCUT2D eigenvalue weighted by Crippen LogP contribution is 2.39. The number of aromatic hydroxyl groups is 2. The third kappa shape index (κ3) is 3.36. The van der Waals surface area contributed by atoms with Crippen molar-refractivity contribution in [3.8, 4) is 34.3 Å². The molecule has 0 saturated carbocycles. The fourth-order valence-corrected chi connectivity index (χ4v) is 4.06. The zero-order valence-electron chi connectivity index (χ0n) is 15.6. The summed E-state index contributed by atoms with van der Waals surface area (Å²) in [5.41, 5.74) is 4.41. The maximum Gasteiger partial charge on any atom is 0.161 e. The van der Waals surface area contributed by atoms with Crippen LogP contribution in [0.2, 0.25) is 5.02 Å². The number of phenols is 2. The molecule has 3 N–H and O–H groups in total. The zero-order valence-corrected chi connectivity index (χ0v) is 16.4. The second-order valence-electron chi connectivity index (χ2n) is 7.29. The van der Waals surface area contributed by atoms with E-state index in [1.165, 1.54) is 6.07 Å². The van der Waals surface area contributed by atoms with Crippen LogP contribution in [-0.2, 0) is 19.5 Å². The molecule has 0 bridgehead atoms. The number of rotatable bonds is 3. The molecule has 0 saturated heterocycles. The Morgan fingerprint density at radius 2 is 1.90 bits per heavy atom. The van der Waals surface area contributed by atoms with Gasteiger partial charge in [-0.3, -0.25) is 10.00 Å². The number of aromatic amines is 1. The highest BCUT2D eigenvalue weighted by molar-refractivity contribution is 6.32. The summed E-state index contributed by atoms with van der Waals surface area (Å²) in [7, 11) is 0. The molecule has 2 aliphatic rings. The number of hydrogen-bond acceptors (Lipinski definition) is 6. The van der Waals surface area contributed by atoms with Gasteiger partial charge in [-0.15, -0.1) is 0 Å². The molecular weight excluding hydrogens is 394 g/mol. The van der Waals surface area contributed by atoms with Gasteiger partial charge in [0.15, 0.2) is 11.5 Å². The van der Waals surface area contributed by atoms with Crippen LogP contribution in [0.25, 0.3) is 11.3 Å². The maximum absolute atomic E-state index is 10.3. The molecule has 5 rings (SSSR count). The van der Waals surface area contributed by atoms with Gasteiger partial charge in [-0.05, 0) is 23.8 Å². The Morgan fingerprint density at radius 3 is 2.76 bits per heavy atom. The van der Waals surface area contributed by atoms with Gasteiger partial charge in [0.25, 0.3) is 0 Å². The predicted octanol–water partition coefficient (Wildman–Crippen LogP) is 3.47. The third-order valence-electron chi connectivity index (χ3n) is 5.35. The summed E-state index contributed by atoms with van der Waals surface area (Å²) in [4.78, 5) is 2.33. The molecule has 29 heavy (non-hydrogen) atoms. The monoisotopic (exact) mass is 413 g/mol. The van der Waals surface area contributed by atoms with E-state index in [1.807, 2.05) is 12.1 Å². The standard InChI is InChI=1S/C21H20ClN3O4/c22-15-8-13(17(26)9-18(15)27)21-14-11-25(4-3-16(14)23-24-21)10-12-1-2-19-20(7-12)29-6-5-28-19/h1-2,7-9,26-27H,3-6,10-11H2,(H,23,24). The van der Waals surface area contributed by atoms with Crippen LogP contribution in [0.15, 0.2) is 30.3 Å². The Labute approximate surface area is 172 Å². The van der Waals surface area contributed by atoms with Crippen LogP contribution in [0.1, 0.15) is 16.8 Å². The number of aromatic nitrogens is 2. The summed E-state index contributed by atoms with van der Waals surface area (Å²) in [5.74, 6) is 1.37. The number of H-pyrrole nitrogens is 1. The lowest BCUT2D eigenvalue weighted by molar-refractivity contribution is 0.171. The minimum absolute atomic E-state index is 0.0508. The largest absolute Gasteiger partial charge is 0.507 e. The zero-order chi connectivity index (χ0) is 20.0. The van der Waals surface area contributed by atoms with Crippen LogP contribution in [0.3, 0.4) is 0 Å². The van der Waals surface area contributed by atoms with Gasteiger partial charge >= 0.3 is 0 Å². The van der Waals surface area contributed by atoms with Crippen molar-refractivity contribution in [2.45, 2.75) is 19.5 Å². The Morgan fingerprint density at radius 1 is 1.07 bits per heavy atom. The van der Waals surface area contributed by atoms with Crippen LogP contribution < -0.4 is 9.47 Å². The number of fused-ring (bicyclic) bond motifs is 2. The van der Waals surface area contributed by atoms with Gasteiger partial charge in [0.2, 0.25) is 0 Å². The number of ether oxygens (including phenoxy) is 2. The molecule has 0 spiro atoms. The number of halogens is 1. The minimum Gasteiger partial charge on any atom is -0.507 e. The van der Waals surface area contributed by atoms with Crippen molar-refractivity contribution in [1.82, 2.24) is 15.1 Å². The van der Waals surface area contributed by atoms with E-state index in [-0.39, 0.29) is 16.5 Å². The van der Waals surface area contributed by atoms with Crippen molar-refractivity contribution in [3.05, 3.63) is 52.2 Å². The van der Waals surface area contributed by atoms with Crippen molar-refractivity contribution in [2.24, 2.45) is 0 Å². The van der Waals surface area contributed by atoms with Crippen molar-refractivity contribution < 1.29 is 19.7 Å². The molecule has 0 aliphatic carbocycles. The molecule has 3 aromatic rings. The molecule has 150 valence electrons. The van der Waals surface area contributed by atoms with Gasteiger partial charge in [0.05, 0.1) is 5.02 Å². The third-order valence-corrected chi connectivity index (χ3v) is 5.65. The average molecular weight is 414 g/mol. The minimum atomic E-state index is -0.155. The lowest BCUT2D eigenvalue weighted by Gasteiger charge is -2.27. The summed E-state index contributed by atoms with van der Waals surface area (Å²) in [6.45, 7) is 3.50. The topological polar surface area (TPSA) is 90.8 Å². The van der Waals surface area contributed by atoms with E-state index in [4.69, 9.17) is 21.1 Å². The van der Waals surface area contributed by atoms with E-state index in [2.05, 4.69) is 21.2 Å². The van der Waals surface area contributed by atoms with Gasteiger partial charge in [0.1, 0.15) is 30.4 Å². The number of nitrogens with one attached hydrogen (secondary N) is 1. The molecule has 0 unspecified atom stereocenters. The van der Waals surface area contributed by atoms with E-state index in [0.717, 1.165) is 47.8 Å². The van der Waals surface area contributed by atoms with Crippen LogP contribution in [0.4, 0.5) is 0 Å². The van der Waals surface area contributed by atoms with E-state index in [9.17, 15) is 10.2 Å². The maximum atomic E-state index is 10.3. The number of phenolic OH excluding ortho intramolecular Hbond substituents is 2. The number of benzene rings is 2. The molecule has 0 atom stereocenters. The van der Waals surface area contributed by atoms with Crippen LogP contribution in [-0.4, -0.2) is 45.1 Å². The quantitative estimate of drug-likeness (QED) is 0.609. The Hall–Kier alpha value is -2.90. The first kappa shape index (κ1) is 18.1. The van der Waals surface area contributed by atoms with Gasteiger partial charge in [-0.2, -0.15) is 5.10 Å². The van der Waals surface area contributed by atoms with E-state index in [0.29, 0.717) is 31.0 Å². The highest BCUT2D eigenvalue weighted by Gasteiger charge is 2.25. The molecule has 3 heterocycles. The molecule has 8 heteroatoms. The summed E-state index contributed by atoms with van der Waals surface area (Å²) < 4.78 is 11.3. The molecular formula is C21H20ClN3O4. The molecule has 2 aliphatic heterocycles. The number of nitrogens with zero attached hydrogens (tertiary/aromatic N) is 2.